The van der Waals surface area contributed by atoms with Crippen LogP contribution in [0.4, 0.5) is 0 Å². The molecule has 0 saturated carbocycles. The van der Waals surface area contributed by atoms with E-state index in [0.717, 1.165) is 13.0 Å². The average Bonchev–Trinajstić information content (AvgIpc) is 2.79. The lowest BCUT2D eigenvalue weighted by Crippen LogP contribution is -2.26. The smallest absolute Gasteiger partial charge is 0.0434 e. The van der Waals surface area contributed by atoms with E-state index < -0.39 is 0 Å². The second-order valence-corrected chi connectivity index (χ2v) is 5.87. The molecule has 0 amide bonds. The van der Waals surface area contributed by atoms with E-state index in [9.17, 15) is 0 Å². The van der Waals surface area contributed by atoms with Gasteiger partial charge in [-0.3, -0.25) is 0 Å². The van der Waals surface area contributed by atoms with E-state index in [0.29, 0.717) is 18.6 Å². The summed E-state index contributed by atoms with van der Waals surface area (Å²) >= 11 is 0. The quantitative estimate of drug-likeness (QED) is 0.788. The van der Waals surface area contributed by atoms with Crippen LogP contribution >= 0.6 is 0 Å². The molecule has 1 aromatic carbocycles. The third-order valence-electron chi connectivity index (χ3n) is 4.27. The van der Waals surface area contributed by atoms with E-state index in [1.165, 1.54) is 42.4 Å². The highest BCUT2D eigenvalue weighted by Crippen LogP contribution is 2.32. The van der Waals surface area contributed by atoms with Crippen LogP contribution in [0, 0.1) is 12.8 Å². The van der Waals surface area contributed by atoms with Crippen LogP contribution in [-0.4, -0.2) is 18.3 Å². The second-order valence-electron chi connectivity index (χ2n) is 5.87. The molecular formula is C17H27NO. The van der Waals surface area contributed by atoms with Gasteiger partial charge in [-0.05, 0) is 56.2 Å². The Morgan fingerprint density at radius 1 is 1.37 bits per heavy atom. The first-order chi connectivity index (χ1) is 9.24. The molecule has 0 saturated heterocycles. The fourth-order valence-electron chi connectivity index (χ4n) is 3.18. The minimum Gasteiger partial charge on any atom is -0.396 e. The zero-order chi connectivity index (χ0) is 13.7. The molecular weight excluding hydrogens is 234 g/mol. The van der Waals surface area contributed by atoms with Gasteiger partial charge < -0.3 is 10.4 Å². The summed E-state index contributed by atoms with van der Waals surface area (Å²) < 4.78 is 0. The van der Waals surface area contributed by atoms with Crippen LogP contribution in [0.25, 0.3) is 0 Å². The molecule has 0 radical (unpaired) electrons. The van der Waals surface area contributed by atoms with Crippen molar-refractivity contribution < 1.29 is 5.11 Å². The van der Waals surface area contributed by atoms with Crippen molar-refractivity contribution in [1.29, 1.82) is 0 Å². The van der Waals surface area contributed by atoms with Gasteiger partial charge in [0.05, 0.1) is 0 Å². The van der Waals surface area contributed by atoms with Gasteiger partial charge in [0, 0.05) is 12.6 Å². The number of fused-ring (bicyclic) bond motifs is 1. The highest BCUT2D eigenvalue weighted by atomic mass is 16.3. The third kappa shape index (κ3) is 3.80. The van der Waals surface area contributed by atoms with Crippen molar-refractivity contribution in [1.82, 2.24) is 5.32 Å². The number of aliphatic hydroxyl groups excluding tert-OH is 1. The van der Waals surface area contributed by atoms with Crippen molar-refractivity contribution in [3.8, 4) is 0 Å². The lowest BCUT2D eigenvalue weighted by molar-refractivity contribution is 0.245. The van der Waals surface area contributed by atoms with Gasteiger partial charge in [0.1, 0.15) is 0 Å². The Kier molecular flexibility index (Phi) is 5.41. The highest BCUT2D eigenvalue weighted by molar-refractivity contribution is 5.37. The van der Waals surface area contributed by atoms with Crippen LogP contribution < -0.4 is 5.32 Å². The van der Waals surface area contributed by atoms with Crippen molar-refractivity contribution in [2.45, 2.75) is 52.0 Å². The Balaban J connectivity index is 1.93. The first-order valence-electron chi connectivity index (χ1n) is 7.68. The van der Waals surface area contributed by atoms with Crippen LogP contribution in [0.1, 0.15) is 55.3 Å². The number of aryl methyl sites for hydroxylation is 2. The first-order valence-corrected chi connectivity index (χ1v) is 7.68. The molecule has 2 nitrogen and oxygen atoms in total. The minimum absolute atomic E-state index is 0.312. The average molecular weight is 261 g/mol. The SMILES string of the molecule is CCCC(CCO)CNC1CCc2ccc(C)cc21. The van der Waals surface area contributed by atoms with Gasteiger partial charge in [0.2, 0.25) is 0 Å². The molecule has 2 atom stereocenters. The van der Waals surface area contributed by atoms with Gasteiger partial charge in [-0.1, -0.05) is 37.1 Å². The van der Waals surface area contributed by atoms with Crippen LogP contribution in [0.3, 0.4) is 0 Å². The molecule has 0 heterocycles. The van der Waals surface area contributed by atoms with Gasteiger partial charge in [-0.25, -0.2) is 0 Å². The van der Waals surface area contributed by atoms with Crippen LogP contribution in [0.2, 0.25) is 0 Å². The number of rotatable bonds is 7. The monoisotopic (exact) mass is 261 g/mol. The number of nitrogens with one attached hydrogen (secondary N) is 1. The minimum atomic E-state index is 0.312. The Labute approximate surface area is 117 Å². The van der Waals surface area contributed by atoms with Crippen LogP contribution in [0.15, 0.2) is 18.2 Å². The van der Waals surface area contributed by atoms with E-state index in [4.69, 9.17) is 5.11 Å². The molecule has 2 unspecified atom stereocenters. The molecule has 1 aromatic rings. The molecule has 0 fully saturated rings. The summed E-state index contributed by atoms with van der Waals surface area (Å²) in [5.41, 5.74) is 4.37. The first kappa shape index (κ1) is 14.5. The lowest BCUT2D eigenvalue weighted by Gasteiger charge is -2.20. The fraction of sp³-hybridized carbons (Fsp3) is 0.647. The third-order valence-corrected chi connectivity index (χ3v) is 4.27. The van der Waals surface area contributed by atoms with E-state index in [1.807, 2.05) is 0 Å². The molecule has 2 N–H and O–H groups in total. The molecule has 1 aliphatic carbocycles. The molecule has 19 heavy (non-hydrogen) atoms. The molecule has 2 rings (SSSR count). The van der Waals surface area contributed by atoms with Crippen LogP contribution in [-0.2, 0) is 6.42 Å². The number of aliphatic hydroxyl groups is 1. The summed E-state index contributed by atoms with van der Waals surface area (Å²) in [6.45, 7) is 5.74. The topological polar surface area (TPSA) is 32.3 Å². The normalized spacial score (nSPS) is 19.4. The molecule has 0 bridgehead atoms. The maximum absolute atomic E-state index is 9.12. The van der Waals surface area contributed by atoms with Crippen LogP contribution in [0.5, 0.6) is 0 Å². The summed E-state index contributed by atoms with van der Waals surface area (Å²) in [6.07, 6.45) is 5.75. The van der Waals surface area contributed by atoms with Crippen molar-refractivity contribution in [3.05, 3.63) is 34.9 Å². The number of hydrogen-bond acceptors (Lipinski definition) is 2. The predicted octanol–water partition coefficient (Wildman–Crippen LogP) is 3.37. The summed E-state index contributed by atoms with van der Waals surface area (Å²) in [5, 5.41) is 12.8. The molecule has 0 spiro atoms. The van der Waals surface area contributed by atoms with E-state index >= 15 is 0 Å². The number of hydrogen-bond donors (Lipinski definition) is 2. The van der Waals surface area contributed by atoms with E-state index in [-0.39, 0.29) is 0 Å². The Hall–Kier alpha value is -0.860. The standard InChI is InChI=1S/C17H27NO/c1-3-4-14(9-10-19)12-18-17-8-7-15-6-5-13(2)11-16(15)17/h5-6,11,14,17-19H,3-4,7-10,12H2,1-2H3. The maximum atomic E-state index is 9.12. The Morgan fingerprint density at radius 3 is 2.95 bits per heavy atom. The predicted molar refractivity (Wildman–Crippen MR) is 80.3 cm³/mol. The van der Waals surface area contributed by atoms with E-state index in [1.54, 1.807) is 0 Å². The maximum Gasteiger partial charge on any atom is 0.0434 e. The largest absolute Gasteiger partial charge is 0.396 e. The van der Waals surface area contributed by atoms with E-state index in [2.05, 4.69) is 37.4 Å². The van der Waals surface area contributed by atoms with Crippen molar-refractivity contribution in [2.24, 2.45) is 5.92 Å². The Bertz CT molecular complexity index is 396. The molecule has 0 aromatic heterocycles. The Morgan fingerprint density at radius 2 is 2.21 bits per heavy atom. The van der Waals surface area contributed by atoms with Gasteiger partial charge in [0.15, 0.2) is 0 Å². The zero-order valence-corrected chi connectivity index (χ0v) is 12.3. The summed E-state index contributed by atoms with van der Waals surface area (Å²) in [6, 6.07) is 7.35. The lowest BCUT2D eigenvalue weighted by atomic mass is 9.99. The summed E-state index contributed by atoms with van der Waals surface area (Å²) in [5.74, 6) is 0.615. The number of benzene rings is 1. The van der Waals surface area contributed by atoms with Gasteiger partial charge in [-0.2, -0.15) is 0 Å². The van der Waals surface area contributed by atoms with Gasteiger partial charge in [0.25, 0.3) is 0 Å². The second kappa shape index (κ2) is 7.06. The van der Waals surface area contributed by atoms with Crippen molar-refractivity contribution >= 4 is 0 Å². The summed E-state index contributed by atoms with van der Waals surface area (Å²) in [7, 11) is 0. The molecule has 2 heteroatoms. The molecule has 0 aliphatic heterocycles. The zero-order valence-electron chi connectivity index (χ0n) is 12.3. The van der Waals surface area contributed by atoms with Gasteiger partial charge >= 0.3 is 0 Å². The summed E-state index contributed by atoms with van der Waals surface area (Å²) in [4.78, 5) is 0. The molecule has 1 aliphatic rings. The van der Waals surface area contributed by atoms with Crippen molar-refractivity contribution in [3.63, 3.8) is 0 Å². The van der Waals surface area contributed by atoms with Gasteiger partial charge in [-0.15, -0.1) is 0 Å². The molecule has 106 valence electrons. The van der Waals surface area contributed by atoms with Crippen molar-refractivity contribution in [2.75, 3.05) is 13.2 Å². The highest BCUT2D eigenvalue weighted by Gasteiger charge is 2.22. The fourth-order valence-corrected chi connectivity index (χ4v) is 3.18.